The van der Waals surface area contributed by atoms with Crippen LogP contribution in [0.3, 0.4) is 0 Å². The maximum absolute atomic E-state index is 12.3. The normalized spacial score (nSPS) is 10.5. The van der Waals surface area contributed by atoms with Gasteiger partial charge in [-0.05, 0) is 18.2 Å². The van der Waals surface area contributed by atoms with Gasteiger partial charge in [-0.1, -0.05) is 18.2 Å². The number of carbonyl (C=O) groups is 3. The van der Waals surface area contributed by atoms with Crippen LogP contribution in [0.5, 0.6) is 0 Å². The van der Waals surface area contributed by atoms with Crippen molar-refractivity contribution in [2.45, 2.75) is 6.54 Å². The van der Waals surface area contributed by atoms with Crippen molar-refractivity contribution in [2.24, 2.45) is 7.05 Å². The van der Waals surface area contributed by atoms with Crippen LogP contribution in [0.15, 0.2) is 51.9 Å². The molecular weight excluding hydrogens is 368 g/mol. The minimum absolute atomic E-state index is 0.0971. The molecule has 0 fully saturated rings. The SMILES string of the molecule is Cn1nc(C(=O)OCC(=O)NC(=O)NCc2ccco2)c2ccccc2c1=O. The third-order valence-electron chi connectivity index (χ3n) is 3.74. The summed E-state index contributed by atoms with van der Waals surface area (Å²) in [6.07, 6.45) is 1.46. The number of carbonyl (C=O) groups excluding carboxylic acids is 3. The first-order valence-electron chi connectivity index (χ1n) is 8.19. The molecule has 3 amide bonds. The minimum atomic E-state index is -0.891. The van der Waals surface area contributed by atoms with Crippen LogP contribution in [0.25, 0.3) is 10.8 Å². The summed E-state index contributed by atoms with van der Waals surface area (Å²) in [6.45, 7) is -0.592. The number of benzene rings is 1. The second-order valence-electron chi connectivity index (χ2n) is 5.71. The van der Waals surface area contributed by atoms with E-state index in [2.05, 4.69) is 10.4 Å². The summed E-state index contributed by atoms with van der Waals surface area (Å²) in [5.41, 5.74) is -0.467. The Morgan fingerprint density at radius 2 is 1.89 bits per heavy atom. The number of furan rings is 1. The van der Waals surface area contributed by atoms with Gasteiger partial charge in [-0.3, -0.25) is 14.9 Å². The fourth-order valence-electron chi connectivity index (χ4n) is 2.44. The number of nitrogens with zero attached hydrogens (tertiary/aromatic N) is 2. The lowest BCUT2D eigenvalue weighted by Crippen LogP contribution is -2.41. The van der Waals surface area contributed by atoms with Gasteiger partial charge in [0.2, 0.25) is 0 Å². The molecule has 0 unspecified atom stereocenters. The average molecular weight is 384 g/mol. The molecule has 0 radical (unpaired) electrons. The zero-order valence-electron chi connectivity index (χ0n) is 14.8. The molecule has 2 heterocycles. The maximum Gasteiger partial charge on any atom is 0.359 e. The molecule has 1 aromatic carbocycles. The van der Waals surface area contributed by atoms with Crippen LogP contribution in [0.2, 0.25) is 0 Å². The molecule has 0 bridgehead atoms. The summed E-state index contributed by atoms with van der Waals surface area (Å²) in [4.78, 5) is 47.8. The Morgan fingerprint density at radius 3 is 2.61 bits per heavy atom. The van der Waals surface area contributed by atoms with Gasteiger partial charge < -0.3 is 14.5 Å². The number of fused-ring (bicyclic) bond motifs is 1. The monoisotopic (exact) mass is 384 g/mol. The van der Waals surface area contributed by atoms with Crippen molar-refractivity contribution in [3.63, 3.8) is 0 Å². The van der Waals surface area contributed by atoms with Crippen LogP contribution >= 0.6 is 0 Å². The van der Waals surface area contributed by atoms with Crippen LogP contribution in [-0.2, 0) is 23.1 Å². The Balaban J connectivity index is 1.59. The molecule has 144 valence electrons. The minimum Gasteiger partial charge on any atom is -0.467 e. The van der Waals surface area contributed by atoms with Crippen molar-refractivity contribution in [3.8, 4) is 0 Å². The van der Waals surface area contributed by atoms with Gasteiger partial charge in [0.05, 0.1) is 18.2 Å². The molecule has 2 aromatic heterocycles. The lowest BCUT2D eigenvalue weighted by Gasteiger charge is -2.09. The first kappa shape index (κ1) is 18.8. The number of nitrogens with one attached hydrogen (secondary N) is 2. The van der Waals surface area contributed by atoms with Crippen molar-refractivity contribution >= 4 is 28.7 Å². The van der Waals surface area contributed by atoms with E-state index in [-0.39, 0.29) is 17.8 Å². The lowest BCUT2D eigenvalue weighted by molar-refractivity contribution is -0.123. The van der Waals surface area contributed by atoms with Crippen LogP contribution in [0.4, 0.5) is 4.79 Å². The van der Waals surface area contributed by atoms with Crippen molar-refractivity contribution in [1.29, 1.82) is 0 Å². The topological polar surface area (TPSA) is 133 Å². The smallest absolute Gasteiger partial charge is 0.359 e. The second-order valence-corrected chi connectivity index (χ2v) is 5.71. The van der Waals surface area contributed by atoms with Crippen LogP contribution in [0, 0.1) is 0 Å². The first-order chi connectivity index (χ1) is 13.5. The molecule has 0 saturated carbocycles. The Morgan fingerprint density at radius 1 is 1.14 bits per heavy atom. The highest BCUT2D eigenvalue weighted by Crippen LogP contribution is 2.13. The number of ether oxygens (including phenoxy) is 1. The Bertz CT molecular complexity index is 1090. The van der Waals surface area contributed by atoms with Gasteiger partial charge in [-0.2, -0.15) is 5.10 Å². The summed E-state index contributed by atoms with van der Waals surface area (Å²) in [5.74, 6) is -1.20. The largest absolute Gasteiger partial charge is 0.467 e. The number of amides is 3. The van der Waals surface area contributed by atoms with Crippen molar-refractivity contribution in [3.05, 3.63) is 64.5 Å². The van der Waals surface area contributed by atoms with Gasteiger partial charge >= 0.3 is 12.0 Å². The molecule has 28 heavy (non-hydrogen) atoms. The number of aromatic nitrogens is 2. The highest BCUT2D eigenvalue weighted by Gasteiger charge is 2.18. The third kappa shape index (κ3) is 4.23. The van der Waals surface area contributed by atoms with Crippen LogP contribution in [-0.4, -0.2) is 34.3 Å². The van der Waals surface area contributed by atoms with Gasteiger partial charge in [-0.25, -0.2) is 14.3 Å². The van der Waals surface area contributed by atoms with E-state index in [0.717, 1.165) is 4.68 Å². The van der Waals surface area contributed by atoms with Crippen LogP contribution < -0.4 is 16.2 Å². The van der Waals surface area contributed by atoms with E-state index in [9.17, 15) is 19.2 Å². The predicted octanol–water partition coefficient (Wildman–Crippen LogP) is 0.709. The number of imide groups is 1. The summed E-state index contributed by atoms with van der Waals surface area (Å²) < 4.78 is 11.0. The lowest BCUT2D eigenvalue weighted by atomic mass is 10.1. The zero-order chi connectivity index (χ0) is 20.1. The quantitative estimate of drug-likeness (QED) is 0.619. The maximum atomic E-state index is 12.3. The van der Waals surface area contributed by atoms with Gasteiger partial charge in [0, 0.05) is 12.4 Å². The number of esters is 1. The average Bonchev–Trinajstić information content (AvgIpc) is 3.21. The molecule has 3 aromatic rings. The Hall–Kier alpha value is -3.95. The summed E-state index contributed by atoms with van der Waals surface area (Å²) in [6, 6.07) is 8.99. The fourth-order valence-corrected chi connectivity index (χ4v) is 2.44. The van der Waals surface area contributed by atoms with Gasteiger partial charge in [0.15, 0.2) is 12.3 Å². The van der Waals surface area contributed by atoms with Crippen molar-refractivity contribution in [2.75, 3.05) is 6.61 Å². The van der Waals surface area contributed by atoms with Crippen LogP contribution in [0.1, 0.15) is 16.2 Å². The zero-order valence-corrected chi connectivity index (χ0v) is 14.8. The van der Waals surface area contributed by atoms with E-state index in [0.29, 0.717) is 16.5 Å². The number of urea groups is 1. The molecule has 10 heteroatoms. The molecule has 0 saturated heterocycles. The third-order valence-corrected chi connectivity index (χ3v) is 3.74. The van der Waals surface area contributed by atoms with Crippen molar-refractivity contribution < 1.29 is 23.5 Å². The predicted molar refractivity (Wildman–Crippen MR) is 96.4 cm³/mol. The van der Waals surface area contributed by atoms with E-state index in [1.54, 1.807) is 36.4 Å². The van der Waals surface area contributed by atoms with Gasteiger partial charge in [-0.15, -0.1) is 0 Å². The fraction of sp³-hybridized carbons (Fsp3) is 0.167. The van der Waals surface area contributed by atoms with Crippen molar-refractivity contribution in [1.82, 2.24) is 20.4 Å². The summed E-state index contributed by atoms with van der Waals surface area (Å²) >= 11 is 0. The molecule has 0 aliphatic heterocycles. The molecule has 3 rings (SSSR count). The molecule has 2 N–H and O–H groups in total. The van der Waals surface area contributed by atoms with Gasteiger partial charge in [0.1, 0.15) is 5.76 Å². The number of aryl methyl sites for hydroxylation is 1. The van der Waals surface area contributed by atoms with Gasteiger partial charge in [0.25, 0.3) is 11.5 Å². The van der Waals surface area contributed by atoms with E-state index in [1.807, 2.05) is 5.32 Å². The Labute approximate surface area is 158 Å². The van der Waals surface area contributed by atoms with E-state index in [1.165, 1.54) is 13.3 Å². The second kappa shape index (κ2) is 8.16. The summed E-state index contributed by atoms with van der Waals surface area (Å²) in [5, 5.41) is 8.96. The first-order valence-corrected chi connectivity index (χ1v) is 8.19. The number of hydrogen-bond donors (Lipinski definition) is 2. The van der Waals surface area contributed by atoms with E-state index in [4.69, 9.17) is 9.15 Å². The highest BCUT2D eigenvalue weighted by molar-refractivity contribution is 6.03. The molecular formula is C18H16N4O6. The molecule has 0 spiro atoms. The molecule has 0 aliphatic carbocycles. The number of rotatable bonds is 5. The van der Waals surface area contributed by atoms with E-state index >= 15 is 0 Å². The molecule has 0 atom stereocenters. The van der Waals surface area contributed by atoms with E-state index < -0.39 is 24.5 Å². The Kier molecular flexibility index (Phi) is 5.49. The molecule has 10 nitrogen and oxygen atoms in total. The number of hydrogen-bond acceptors (Lipinski definition) is 7. The standard InChI is InChI=1S/C18H16N4O6/c1-22-16(24)13-7-3-2-6-12(13)15(21-22)17(25)28-10-14(23)20-18(26)19-9-11-5-4-8-27-11/h2-8H,9-10H2,1H3,(H2,19,20,23,26). The molecule has 0 aliphatic rings. The summed E-state index contributed by atoms with van der Waals surface area (Å²) in [7, 11) is 1.40. The highest BCUT2D eigenvalue weighted by atomic mass is 16.5.